The third-order valence-corrected chi connectivity index (χ3v) is 1.73. The Labute approximate surface area is 79.0 Å². The molecule has 2 heteroatoms. The SMILES string of the molecule is C=CCOCc1cccc(CN)c1. The molecule has 0 amide bonds. The van der Waals surface area contributed by atoms with Crippen LogP contribution in [0.25, 0.3) is 0 Å². The van der Waals surface area contributed by atoms with Gasteiger partial charge in [-0.2, -0.15) is 0 Å². The molecule has 0 bridgehead atoms. The number of hydrogen-bond acceptors (Lipinski definition) is 2. The molecular formula is C11H15NO. The van der Waals surface area contributed by atoms with Crippen LogP contribution in [0.2, 0.25) is 0 Å². The normalized spacial score (nSPS) is 9.92. The third-order valence-electron chi connectivity index (χ3n) is 1.73. The van der Waals surface area contributed by atoms with Crippen LogP contribution in [0.15, 0.2) is 36.9 Å². The molecule has 1 aromatic rings. The van der Waals surface area contributed by atoms with Gasteiger partial charge in [0.05, 0.1) is 13.2 Å². The summed E-state index contributed by atoms with van der Waals surface area (Å²) in [5, 5.41) is 0. The fourth-order valence-electron chi connectivity index (χ4n) is 1.11. The fraction of sp³-hybridized carbons (Fsp3) is 0.273. The smallest absolute Gasteiger partial charge is 0.0721 e. The Morgan fingerprint density at radius 1 is 1.38 bits per heavy atom. The van der Waals surface area contributed by atoms with Crippen LogP contribution in [0, 0.1) is 0 Å². The molecule has 0 fully saturated rings. The molecule has 0 aliphatic rings. The first-order valence-electron chi connectivity index (χ1n) is 4.33. The zero-order valence-corrected chi connectivity index (χ0v) is 7.70. The van der Waals surface area contributed by atoms with Crippen molar-refractivity contribution < 1.29 is 4.74 Å². The highest BCUT2D eigenvalue weighted by molar-refractivity contribution is 5.22. The van der Waals surface area contributed by atoms with E-state index in [4.69, 9.17) is 10.5 Å². The first-order chi connectivity index (χ1) is 6.36. The molecule has 13 heavy (non-hydrogen) atoms. The first-order valence-corrected chi connectivity index (χ1v) is 4.33. The molecule has 1 aromatic carbocycles. The van der Waals surface area contributed by atoms with E-state index >= 15 is 0 Å². The Bertz CT molecular complexity index is 271. The number of benzene rings is 1. The Kier molecular flexibility index (Phi) is 4.23. The number of hydrogen-bond donors (Lipinski definition) is 1. The van der Waals surface area contributed by atoms with E-state index in [2.05, 4.69) is 12.6 Å². The molecule has 70 valence electrons. The molecule has 2 N–H and O–H groups in total. The molecular weight excluding hydrogens is 162 g/mol. The van der Waals surface area contributed by atoms with Crippen molar-refractivity contribution in [1.29, 1.82) is 0 Å². The monoisotopic (exact) mass is 177 g/mol. The summed E-state index contributed by atoms with van der Waals surface area (Å²) in [7, 11) is 0. The van der Waals surface area contributed by atoms with Gasteiger partial charge in [0, 0.05) is 6.54 Å². The summed E-state index contributed by atoms with van der Waals surface area (Å²) in [4.78, 5) is 0. The average molecular weight is 177 g/mol. The molecule has 0 unspecified atom stereocenters. The van der Waals surface area contributed by atoms with E-state index in [0.717, 1.165) is 11.1 Å². The third kappa shape index (κ3) is 3.40. The number of ether oxygens (including phenoxy) is 1. The summed E-state index contributed by atoms with van der Waals surface area (Å²) in [6, 6.07) is 8.09. The topological polar surface area (TPSA) is 35.2 Å². The average Bonchev–Trinajstić information content (AvgIpc) is 2.19. The second-order valence-electron chi connectivity index (χ2n) is 2.83. The van der Waals surface area contributed by atoms with Crippen molar-refractivity contribution in [2.75, 3.05) is 6.61 Å². The molecule has 0 radical (unpaired) electrons. The van der Waals surface area contributed by atoms with Crippen molar-refractivity contribution >= 4 is 0 Å². The molecule has 0 aliphatic heterocycles. The fourth-order valence-corrected chi connectivity index (χ4v) is 1.11. The van der Waals surface area contributed by atoms with Gasteiger partial charge in [-0.1, -0.05) is 30.3 Å². The minimum absolute atomic E-state index is 0.579. The lowest BCUT2D eigenvalue weighted by molar-refractivity contribution is 0.149. The van der Waals surface area contributed by atoms with Crippen LogP contribution >= 0.6 is 0 Å². The van der Waals surface area contributed by atoms with Crippen molar-refractivity contribution in [3.05, 3.63) is 48.0 Å². The van der Waals surface area contributed by atoms with Crippen molar-refractivity contribution in [1.82, 2.24) is 0 Å². The van der Waals surface area contributed by atoms with E-state index < -0.39 is 0 Å². The van der Waals surface area contributed by atoms with Crippen LogP contribution in [0.1, 0.15) is 11.1 Å². The van der Waals surface area contributed by atoms with Gasteiger partial charge in [0.2, 0.25) is 0 Å². The van der Waals surface area contributed by atoms with E-state index in [1.54, 1.807) is 6.08 Å². The molecule has 0 saturated heterocycles. The quantitative estimate of drug-likeness (QED) is 0.550. The van der Waals surface area contributed by atoms with Gasteiger partial charge >= 0.3 is 0 Å². The Balaban J connectivity index is 2.50. The van der Waals surface area contributed by atoms with Gasteiger partial charge in [-0.15, -0.1) is 6.58 Å². The van der Waals surface area contributed by atoms with Crippen LogP contribution in [-0.2, 0) is 17.9 Å². The standard InChI is InChI=1S/C11H15NO/c1-2-6-13-9-11-5-3-4-10(7-11)8-12/h2-5,7H,1,6,8-9,12H2. The van der Waals surface area contributed by atoms with Gasteiger partial charge in [0.25, 0.3) is 0 Å². The Morgan fingerprint density at radius 2 is 2.15 bits per heavy atom. The van der Waals surface area contributed by atoms with Crippen molar-refractivity contribution in [2.24, 2.45) is 5.73 Å². The largest absolute Gasteiger partial charge is 0.373 e. The molecule has 0 heterocycles. The Morgan fingerprint density at radius 3 is 2.85 bits per heavy atom. The summed E-state index contributed by atoms with van der Waals surface area (Å²) >= 11 is 0. The van der Waals surface area contributed by atoms with Crippen molar-refractivity contribution in [3.8, 4) is 0 Å². The van der Waals surface area contributed by atoms with Crippen molar-refractivity contribution in [2.45, 2.75) is 13.2 Å². The number of nitrogens with two attached hydrogens (primary N) is 1. The van der Waals surface area contributed by atoms with E-state index in [1.807, 2.05) is 18.2 Å². The lowest BCUT2D eigenvalue weighted by Gasteiger charge is -2.03. The molecule has 1 rings (SSSR count). The first kappa shape index (κ1) is 9.96. The summed E-state index contributed by atoms with van der Waals surface area (Å²) in [6.07, 6.45) is 1.74. The van der Waals surface area contributed by atoms with E-state index in [1.165, 1.54) is 0 Å². The maximum absolute atomic E-state index is 5.52. The minimum Gasteiger partial charge on any atom is -0.373 e. The summed E-state index contributed by atoms with van der Waals surface area (Å²) in [5.41, 5.74) is 7.81. The number of rotatable bonds is 5. The predicted octanol–water partition coefficient (Wildman–Crippen LogP) is 1.85. The molecule has 0 aliphatic carbocycles. The maximum atomic E-state index is 5.52. The van der Waals surface area contributed by atoms with Crippen LogP contribution in [-0.4, -0.2) is 6.61 Å². The maximum Gasteiger partial charge on any atom is 0.0721 e. The predicted molar refractivity (Wildman–Crippen MR) is 54.2 cm³/mol. The van der Waals surface area contributed by atoms with Crippen LogP contribution < -0.4 is 5.73 Å². The van der Waals surface area contributed by atoms with E-state index in [0.29, 0.717) is 19.8 Å². The highest BCUT2D eigenvalue weighted by atomic mass is 16.5. The molecule has 0 aromatic heterocycles. The van der Waals surface area contributed by atoms with Gasteiger partial charge in [-0.3, -0.25) is 0 Å². The molecule has 0 atom stereocenters. The van der Waals surface area contributed by atoms with Crippen LogP contribution in [0.3, 0.4) is 0 Å². The second-order valence-corrected chi connectivity index (χ2v) is 2.83. The molecule has 0 spiro atoms. The van der Waals surface area contributed by atoms with Gasteiger partial charge in [-0.05, 0) is 11.1 Å². The van der Waals surface area contributed by atoms with Crippen molar-refractivity contribution in [3.63, 3.8) is 0 Å². The van der Waals surface area contributed by atoms with Gasteiger partial charge in [-0.25, -0.2) is 0 Å². The van der Waals surface area contributed by atoms with Crippen LogP contribution in [0.5, 0.6) is 0 Å². The molecule has 0 saturated carbocycles. The van der Waals surface area contributed by atoms with Gasteiger partial charge in [0.15, 0.2) is 0 Å². The summed E-state index contributed by atoms with van der Waals surface area (Å²) < 4.78 is 5.31. The highest BCUT2D eigenvalue weighted by Crippen LogP contribution is 2.05. The van der Waals surface area contributed by atoms with Gasteiger partial charge in [0.1, 0.15) is 0 Å². The zero-order valence-electron chi connectivity index (χ0n) is 7.70. The lowest BCUT2D eigenvalue weighted by Crippen LogP contribution is -1.98. The highest BCUT2D eigenvalue weighted by Gasteiger charge is 1.93. The van der Waals surface area contributed by atoms with E-state index in [9.17, 15) is 0 Å². The minimum atomic E-state index is 0.579. The van der Waals surface area contributed by atoms with Crippen LogP contribution in [0.4, 0.5) is 0 Å². The zero-order chi connectivity index (χ0) is 9.52. The summed E-state index contributed by atoms with van der Waals surface area (Å²) in [6.45, 7) is 5.37. The van der Waals surface area contributed by atoms with Gasteiger partial charge < -0.3 is 10.5 Å². The second kappa shape index (κ2) is 5.51. The Hall–Kier alpha value is -1.12. The lowest BCUT2D eigenvalue weighted by atomic mass is 10.1. The molecule has 2 nitrogen and oxygen atoms in total. The summed E-state index contributed by atoms with van der Waals surface area (Å²) in [5.74, 6) is 0. The van der Waals surface area contributed by atoms with E-state index in [-0.39, 0.29) is 0 Å².